The van der Waals surface area contributed by atoms with E-state index in [1.165, 1.54) is 17.6 Å². The van der Waals surface area contributed by atoms with Crippen molar-refractivity contribution in [3.63, 3.8) is 0 Å². The topological polar surface area (TPSA) is 92.9 Å². The van der Waals surface area contributed by atoms with E-state index in [0.29, 0.717) is 22.2 Å². The summed E-state index contributed by atoms with van der Waals surface area (Å²) < 4.78 is 0. The number of thioether (sulfide) groups is 1. The van der Waals surface area contributed by atoms with E-state index in [1.54, 1.807) is 36.4 Å². The molecule has 30 heavy (non-hydrogen) atoms. The Morgan fingerprint density at radius 2 is 1.93 bits per heavy atom. The Kier molecular flexibility index (Phi) is 5.06. The number of aromatic nitrogens is 6. The second-order valence-corrected chi connectivity index (χ2v) is 8.73. The van der Waals surface area contributed by atoms with E-state index in [-0.39, 0.29) is 5.75 Å². The maximum absolute atomic E-state index is 10.7. The first kappa shape index (κ1) is 19.0. The van der Waals surface area contributed by atoms with E-state index < -0.39 is 0 Å². The zero-order chi connectivity index (χ0) is 20.5. The first-order chi connectivity index (χ1) is 14.7. The third-order valence-electron chi connectivity index (χ3n) is 5.29. The molecule has 5 rings (SSSR count). The minimum atomic E-state index is 0.103. The predicted molar refractivity (Wildman–Crippen MR) is 116 cm³/mol. The fraction of sp³-hybridized carbons (Fsp3) is 0.286. The van der Waals surface area contributed by atoms with Gasteiger partial charge >= 0.3 is 0 Å². The number of fused-ring (bicyclic) bond motifs is 1. The zero-order valence-corrected chi connectivity index (χ0v) is 17.3. The molecular weight excluding hydrogens is 398 g/mol. The van der Waals surface area contributed by atoms with Crippen molar-refractivity contribution in [3.8, 4) is 22.7 Å². The molecule has 0 aliphatic carbocycles. The number of rotatable bonds is 4. The van der Waals surface area contributed by atoms with Crippen molar-refractivity contribution < 1.29 is 5.11 Å². The van der Waals surface area contributed by atoms with Crippen LogP contribution in [0.15, 0.2) is 54.1 Å². The maximum atomic E-state index is 10.7. The number of benzene rings is 1. The molecule has 0 bridgehead atoms. The van der Waals surface area contributed by atoms with Crippen LogP contribution in [0.5, 0.6) is 5.75 Å². The number of pyridine rings is 1. The van der Waals surface area contributed by atoms with Crippen LogP contribution in [0.1, 0.15) is 12.8 Å². The van der Waals surface area contributed by atoms with Crippen LogP contribution in [0.4, 0.5) is 0 Å². The van der Waals surface area contributed by atoms with Gasteiger partial charge in [-0.3, -0.25) is 4.98 Å². The highest BCUT2D eigenvalue weighted by Gasteiger charge is 2.21. The number of hydrogen-bond donors (Lipinski definition) is 1. The van der Waals surface area contributed by atoms with E-state index in [4.69, 9.17) is 0 Å². The quantitative estimate of drug-likeness (QED) is 0.539. The monoisotopic (exact) mass is 419 g/mol. The van der Waals surface area contributed by atoms with Crippen LogP contribution in [0.3, 0.4) is 0 Å². The van der Waals surface area contributed by atoms with Crippen molar-refractivity contribution in [2.75, 3.05) is 20.1 Å². The van der Waals surface area contributed by atoms with Crippen LogP contribution in [-0.2, 0) is 0 Å². The van der Waals surface area contributed by atoms with Gasteiger partial charge in [0.2, 0.25) is 0 Å². The largest absolute Gasteiger partial charge is 0.507 e. The van der Waals surface area contributed by atoms with E-state index in [2.05, 4.69) is 37.3 Å². The lowest BCUT2D eigenvalue weighted by Gasteiger charge is -2.29. The van der Waals surface area contributed by atoms with Crippen LogP contribution in [0.25, 0.3) is 27.7 Å². The van der Waals surface area contributed by atoms with Gasteiger partial charge in [0.15, 0.2) is 0 Å². The van der Waals surface area contributed by atoms with Crippen molar-refractivity contribution in [1.82, 2.24) is 35.1 Å². The molecule has 1 aromatic carbocycles. The van der Waals surface area contributed by atoms with Gasteiger partial charge in [0.1, 0.15) is 16.5 Å². The van der Waals surface area contributed by atoms with Gasteiger partial charge in [-0.2, -0.15) is 15.0 Å². The molecule has 8 nitrogen and oxygen atoms in total. The molecule has 152 valence electrons. The third-order valence-corrected chi connectivity index (χ3v) is 6.54. The van der Waals surface area contributed by atoms with Gasteiger partial charge in [0.05, 0.1) is 18.1 Å². The normalized spacial score (nSPS) is 17.4. The summed E-state index contributed by atoms with van der Waals surface area (Å²) in [5, 5.41) is 31.2. The lowest BCUT2D eigenvalue weighted by molar-refractivity contribution is 0.283. The summed E-state index contributed by atoms with van der Waals surface area (Å²) in [6.07, 6.45) is 9.14. The minimum absolute atomic E-state index is 0.103. The molecule has 4 heterocycles. The molecule has 1 aliphatic rings. The van der Waals surface area contributed by atoms with Gasteiger partial charge in [-0.05, 0) is 44.6 Å². The van der Waals surface area contributed by atoms with E-state index in [1.807, 2.05) is 24.4 Å². The van der Waals surface area contributed by atoms with E-state index in [9.17, 15) is 5.11 Å². The zero-order valence-electron chi connectivity index (χ0n) is 16.5. The lowest BCUT2D eigenvalue weighted by atomic mass is 10.1. The Morgan fingerprint density at radius 3 is 2.73 bits per heavy atom. The van der Waals surface area contributed by atoms with Gasteiger partial charge in [-0.25, -0.2) is 0 Å². The van der Waals surface area contributed by atoms with Gasteiger partial charge < -0.3 is 10.0 Å². The van der Waals surface area contributed by atoms with E-state index in [0.717, 1.165) is 28.9 Å². The SMILES string of the molecule is CN1CCC[C@@H](Sc2nnc(-c3ccc(-n4nccn4)cc3O)c3ccncc23)C1. The molecule has 3 aromatic heterocycles. The molecule has 0 spiro atoms. The van der Waals surface area contributed by atoms with Crippen molar-refractivity contribution >= 4 is 22.5 Å². The van der Waals surface area contributed by atoms with Crippen molar-refractivity contribution in [3.05, 3.63) is 49.1 Å². The number of phenols is 1. The Morgan fingerprint density at radius 1 is 1.07 bits per heavy atom. The van der Waals surface area contributed by atoms with Gasteiger partial charge in [-0.1, -0.05) is 11.8 Å². The number of hydrogen-bond acceptors (Lipinski definition) is 8. The lowest BCUT2D eigenvalue weighted by Crippen LogP contribution is -2.33. The summed E-state index contributed by atoms with van der Waals surface area (Å²) in [5.41, 5.74) is 1.92. The molecule has 1 saturated heterocycles. The van der Waals surface area contributed by atoms with Crippen molar-refractivity contribution in [1.29, 1.82) is 0 Å². The third kappa shape index (κ3) is 3.61. The van der Waals surface area contributed by atoms with Crippen LogP contribution in [-0.4, -0.2) is 65.6 Å². The number of phenolic OH excluding ortho intramolecular Hbond substituents is 1. The predicted octanol–water partition coefficient (Wildman–Crippen LogP) is 3.16. The highest BCUT2D eigenvalue weighted by molar-refractivity contribution is 8.00. The van der Waals surface area contributed by atoms with Gasteiger partial charge in [0.25, 0.3) is 0 Å². The van der Waals surface area contributed by atoms with E-state index >= 15 is 0 Å². The average Bonchev–Trinajstić information content (AvgIpc) is 3.29. The molecular formula is C21H21N7OS. The molecule has 0 radical (unpaired) electrons. The Labute approximate surface area is 178 Å². The summed E-state index contributed by atoms with van der Waals surface area (Å²) in [6.45, 7) is 2.19. The molecule has 1 atom stereocenters. The van der Waals surface area contributed by atoms with Crippen molar-refractivity contribution in [2.45, 2.75) is 23.1 Å². The highest BCUT2D eigenvalue weighted by atomic mass is 32.2. The highest BCUT2D eigenvalue weighted by Crippen LogP contribution is 2.38. The Hall–Kier alpha value is -3.04. The molecule has 0 unspecified atom stereocenters. The standard InChI is InChI=1S/C21H21N7OS/c1-27-10-2-3-15(13-27)30-21-18-12-22-7-6-16(18)20(25-26-21)17-5-4-14(11-19(17)29)28-23-8-9-24-28/h4-9,11-12,15,29H,2-3,10,13H2,1H3/t15-/m1/s1. The summed E-state index contributed by atoms with van der Waals surface area (Å²) in [6, 6.07) is 7.23. The van der Waals surface area contributed by atoms with Gasteiger partial charge in [0, 0.05) is 46.6 Å². The second-order valence-electron chi connectivity index (χ2n) is 7.44. The summed E-state index contributed by atoms with van der Waals surface area (Å²) >= 11 is 1.77. The fourth-order valence-electron chi connectivity index (χ4n) is 3.83. The first-order valence-corrected chi connectivity index (χ1v) is 10.7. The fourth-order valence-corrected chi connectivity index (χ4v) is 5.13. The molecule has 9 heteroatoms. The molecule has 1 aliphatic heterocycles. The van der Waals surface area contributed by atoms with Gasteiger partial charge in [-0.15, -0.1) is 10.2 Å². The van der Waals surface area contributed by atoms with Crippen molar-refractivity contribution in [2.24, 2.45) is 0 Å². The number of aromatic hydroxyl groups is 1. The summed E-state index contributed by atoms with van der Waals surface area (Å²) in [7, 11) is 2.16. The summed E-state index contributed by atoms with van der Waals surface area (Å²) in [5.74, 6) is 0.103. The van der Waals surface area contributed by atoms with Crippen LogP contribution in [0, 0.1) is 0 Å². The number of piperidine rings is 1. The van der Waals surface area contributed by atoms with Crippen LogP contribution >= 0.6 is 11.8 Å². The summed E-state index contributed by atoms with van der Waals surface area (Å²) in [4.78, 5) is 8.13. The molecule has 0 amide bonds. The number of nitrogens with zero attached hydrogens (tertiary/aromatic N) is 7. The molecule has 1 N–H and O–H groups in total. The molecule has 1 fully saturated rings. The molecule has 4 aromatic rings. The average molecular weight is 420 g/mol. The first-order valence-electron chi connectivity index (χ1n) is 9.85. The minimum Gasteiger partial charge on any atom is -0.507 e. The Bertz CT molecular complexity index is 1180. The smallest absolute Gasteiger partial charge is 0.129 e. The van der Waals surface area contributed by atoms with Crippen LogP contribution < -0.4 is 0 Å². The van der Waals surface area contributed by atoms with Crippen LogP contribution in [0.2, 0.25) is 0 Å². The Balaban J connectivity index is 1.53. The maximum Gasteiger partial charge on any atom is 0.129 e. The molecule has 0 saturated carbocycles. The number of likely N-dealkylation sites (tertiary alicyclic amines) is 1. The second kappa shape index (κ2) is 8.00.